The SMILES string of the molecule is COC(=O)Nc1sc(N/N=C\c2ccc(OC)cc2OC)nc1-c1cccs1. The lowest BCUT2D eigenvalue weighted by molar-refractivity contribution is 0.187. The maximum atomic E-state index is 11.6. The molecular weight excluding hydrogens is 400 g/mol. The van der Waals surface area contributed by atoms with Crippen LogP contribution in [-0.4, -0.2) is 38.6 Å². The summed E-state index contributed by atoms with van der Waals surface area (Å²) in [6.07, 6.45) is 1.07. The maximum Gasteiger partial charge on any atom is 0.412 e. The maximum absolute atomic E-state index is 11.6. The second-order valence-corrected chi connectivity index (χ2v) is 7.22. The molecule has 146 valence electrons. The molecule has 0 saturated heterocycles. The average Bonchev–Trinajstić information content (AvgIpc) is 3.38. The molecule has 0 bridgehead atoms. The first-order valence-electron chi connectivity index (χ1n) is 8.05. The molecule has 0 atom stereocenters. The molecule has 3 rings (SSSR count). The van der Waals surface area contributed by atoms with Crippen LogP contribution in [0.4, 0.5) is 14.9 Å². The molecule has 3 aromatic rings. The van der Waals surface area contributed by atoms with Gasteiger partial charge in [0.05, 0.1) is 32.4 Å². The first kappa shape index (κ1) is 19.6. The zero-order chi connectivity index (χ0) is 19.9. The lowest BCUT2D eigenvalue weighted by Crippen LogP contribution is -2.10. The molecule has 2 heterocycles. The van der Waals surface area contributed by atoms with Crippen molar-refractivity contribution in [3.05, 3.63) is 41.3 Å². The Kier molecular flexibility index (Phi) is 6.45. The topological polar surface area (TPSA) is 94.1 Å². The zero-order valence-corrected chi connectivity index (χ0v) is 17.0. The number of amides is 1. The lowest BCUT2D eigenvalue weighted by atomic mass is 10.2. The summed E-state index contributed by atoms with van der Waals surface area (Å²) in [5.41, 5.74) is 4.32. The van der Waals surface area contributed by atoms with E-state index in [0.29, 0.717) is 27.3 Å². The molecule has 0 unspecified atom stereocenters. The molecule has 1 aromatic carbocycles. The molecule has 0 aliphatic rings. The van der Waals surface area contributed by atoms with Crippen LogP contribution in [0.3, 0.4) is 0 Å². The summed E-state index contributed by atoms with van der Waals surface area (Å²) in [6, 6.07) is 9.28. The first-order valence-corrected chi connectivity index (χ1v) is 9.75. The van der Waals surface area contributed by atoms with E-state index in [-0.39, 0.29) is 0 Å². The van der Waals surface area contributed by atoms with Crippen LogP contribution in [0.15, 0.2) is 40.8 Å². The largest absolute Gasteiger partial charge is 0.497 e. The number of thiazole rings is 1. The average molecular weight is 419 g/mol. The quantitative estimate of drug-likeness (QED) is 0.433. The number of hydrogen-bond donors (Lipinski definition) is 2. The van der Waals surface area contributed by atoms with Crippen LogP contribution >= 0.6 is 22.7 Å². The number of benzene rings is 1. The number of rotatable bonds is 7. The number of methoxy groups -OCH3 is 3. The molecule has 8 nitrogen and oxygen atoms in total. The third-order valence-electron chi connectivity index (χ3n) is 3.59. The van der Waals surface area contributed by atoms with Gasteiger partial charge in [-0.2, -0.15) is 5.10 Å². The molecule has 0 aliphatic carbocycles. The number of nitrogens with zero attached hydrogens (tertiary/aromatic N) is 2. The number of anilines is 2. The predicted molar refractivity (Wildman–Crippen MR) is 112 cm³/mol. The monoisotopic (exact) mass is 418 g/mol. The van der Waals surface area contributed by atoms with Crippen molar-refractivity contribution in [2.24, 2.45) is 5.10 Å². The van der Waals surface area contributed by atoms with E-state index in [2.05, 4.69) is 25.6 Å². The highest BCUT2D eigenvalue weighted by Crippen LogP contribution is 2.38. The van der Waals surface area contributed by atoms with Gasteiger partial charge in [0.1, 0.15) is 22.2 Å². The Morgan fingerprint density at radius 1 is 1.21 bits per heavy atom. The molecule has 2 aromatic heterocycles. The van der Waals surface area contributed by atoms with Crippen LogP contribution in [0.25, 0.3) is 10.6 Å². The van der Waals surface area contributed by atoms with E-state index >= 15 is 0 Å². The molecule has 0 fully saturated rings. The predicted octanol–water partition coefficient (Wildman–Crippen LogP) is 4.51. The van der Waals surface area contributed by atoms with Gasteiger partial charge in [-0.1, -0.05) is 17.4 Å². The Bertz CT molecular complexity index is 970. The van der Waals surface area contributed by atoms with Crippen molar-refractivity contribution in [3.8, 4) is 22.1 Å². The lowest BCUT2D eigenvalue weighted by Gasteiger charge is -2.06. The van der Waals surface area contributed by atoms with Crippen LogP contribution in [0.5, 0.6) is 11.5 Å². The smallest absolute Gasteiger partial charge is 0.412 e. The van der Waals surface area contributed by atoms with Crippen molar-refractivity contribution in [1.29, 1.82) is 0 Å². The number of carbonyl (C=O) groups excluding carboxylic acids is 1. The summed E-state index contributed by atoms with van der Waals surface area (Å²) in [7, 11) is 4.49. The van der Waals surface area contributed by atoms with Gasteiger partial charge in [0.25, 0.3) is 0 Å². The molecule has 0 spiro atoms. The van der Waals surface area contributed by atoms with Crippen molar-refractivity contribution in [1.82, 2.24) is 4.98 Å². The second kappa shape index (κ2) is 9.20. The van der Waals surface area contributed by atoms with Crippen molar-refractivity contribution < 1.29 is 19.0 Å². The zero-order valence-electron chi connectivity index (χ0n) is 15.4. The van der Waals surface area contributed by atoms with Crippen LogP contribution in [0, 0.1) is 0 Å². The minimum absolute atomic E-state index is 0.526. The number of hydrogen-bond acceptors (Lipinski definition) is 9. The van der Waals surface area contributed by atoms with Gasteiger partial charge in [-0.15, -0.1) is 11.3 Å². The van der Waals surface area contributed by atoms with Crippen molar-refractivity contribution in [2.45, 2.75) is 0 Å². The number of ether oxygens (including phenoxy) is 3. The molecule has 0 aliphatic heterocycles. The Hall–Kier alpha value is -3.11. The highest BCUT2D eigenvalue weighted by atomic mass is 32.1. The van der Waals surface area contributed by atoms with Crippen molar-refractivity contribution >= 4 is 45.1 Å². The molecule has 28 heavy (non-hydrogen) atoms. The van der Waals surface area contributed by atoms with Gasteiger partial charge in [0, 0.05) is 11.6 Å². The van der Waals surface area contributed by atoms with E-state index < -0.39 is 6.09 Å². The van der Waals surface area contributed by atoms with Gasteiger partial charge in [-0.25, -0.2) is 9.78 Å². The van der Waals surface area contributed by atoms with Gasteiger partial charge in [0.15, 0.2) is 0 Å². The Labute approximate surface area is 169 Å². The molecule has 2 N–H and O–H groups in total. The first-order chi connectivity index (χ1) is 13.6. The van der Waals surface area contributed by atoms with Gasteiger partial charge < -0.3 is 14.2 Å². The van der Waals surface area contributed by atoms with E-state index in [4.69, 9.17) is 9.47 Å². The second-order valence-electron chi connectivity index (χ2n) is 5.27. The summed E-state index contributed by atoms with van der Waals surface area (Å²) in [5.74, 6) is 1.33. The Morgan fingerprint density at radius 3 is 2.75 bits per heavy atom. The van der Waals surface area contributed by atoms with Gasteiger partial charge in [-0.05, 0) is 23.6 Å². The molecule has 1 amide bonds. The standard InChI is InChI=1S/C18H18N4O4S2/c1-24-12-7-6-11(13(9-12)25-2)10-19-22-17-20-15(14-5-4-8-27-14)16(28-17)21-18(23)26-3/h4-10H,1-3H3,(H,20,22)(H,21,23)/b19-10-. The minimum Gasteiger partial charge on any atom is -0.497 e. The molecule has 0 radical (unpaired) electrons. The van der Waals surface area contributed by atoms with E-state index in [0.717, 1.165) is 10.4 Å². The van der Waals surface area contributed by atoms with E-state index in [1.807, 2.05) is 29.6 Å². The number of hydrazone groups is 1. The van der Waals surface area contributed by atoms with Gasteiger partial charge >= 0.3 is 6.09 Å². The highest BCUT2D eigenvalue weighted by Gasteiger charge is 2.16. The van der Waals surface area contributed by atoms with Crippen LogP contribution in [0.2, 0.25) is 0 Å². The van der Waals surface area contributed by atoms with Crippen LogP contribution in [-0.2, 0) is 4.74 Å². The number of thiophene rings is 1. The van der Waals surface area contributed by atoms with Crippen molar-refractivity contribution in [3.63, 3.8) is 0 Å². The van der Waals surface area contributed by atoms with Gasteiger partial charge in [0.2, 0.25) is 5.13 Å². The van der Waals surface area contributed by atoms with E-state index in [9.17, 15) is 4.79 Å². The van der Waals surface area contributed by atoms with Crippen LogP contribution in [0.1, 0.15) is 5.56 Å². The molecule has 0 saturated carbocycles. The van der Waals surface area contributed by atoms with E-state index in [1.54, 1.807) is 26.5 Å². The van der Waals surface area contributed by atoms with Gasteiger partial charge in [-0.3, -0.25) is 10.7 Å². The van der Waals surface area contributed by atoms with E-state index in [1.165, 1.54) is 29.8 Å². The fourth-order valence-electron chi connectivity index (χ4n) is 2.26. The summed E-state index contributed by atoms with van der Waals surface area (Å²) < 4.78 is 15.2. The normalized spacial score (nSPS) is 10.7. The Morgan fingerprint density at radius 2 is 2.07 bits per heavy atom. The highest BCUT2D eigenvalue weighted by molar-refractivity contribution is 7.21. The minimum atomic E-state index is -0.556. The molecule has 10 heteroatoms. The number of aromatic nitrogens is 1. The number of carbonyl (C=O) groups is 1. The third kappa shape index (κ3) is 4.59. The molecular formula is C18H18N4O4S2. The van der Waals surface area contributed by atoms with Crippen LogP contribution < -0.4 is 20.2 Å². The third-order valence-corrected chi connectivity index (χ3v) is 5.34. The Balaban J connectivity index is 1.80. The summed E-state index contributed by atoms with van der Waals surface area (Å²) in [5, 5.41) is 9.95. The fraction of sp³-hybridized carbons (Fsp3) is 0.167. The summed E-state index contributed by atoms with van der Waals surface area (Å²) >= 11 is 2.78. The number of nitrogens with one attached hydrogen (secondary N) is 2. The fourth-order valence-corrected chi connectivity index (χ4v) is 3.86. The summed E-state index contributed by atoms with van der Waals surface area (Å²) in [4.78, 5) is 17.1. The summed E-state index contributed by atoms with van der Waals surface area (Å²) in [6.45, 7) is 0. The van der Waals surface area contributed by atoms with Crippen molar-refractivity contribution in [2.75, 3.05) is 32.1 Å².